The smallest absolute Gasteiger partial charge is 0.270 e. The molecule has 4 rings (SSSR count). The molecule has 4 heterocycles. The van der Waals surface area contributed by atoms with Crippen LogP contribution in [0.15, 0.2) is 29.3 Å². The van der Waals surface area contributed by atoms with Gasteiger partial charge in [-0.05, 0) is 24.5 Å². The van der Waals surface area contributed by atoms with Gasteiger partial charge in [-0.25, -0.2) is 0 Å². The Bertz CT molecular complexity index is 795. The van der Waals surface area contributed by atoms with Gasteiger partial charge in [0.1, 0.15) is 5.82 Å². The summed E-state index contributed by atoms with van der Waals surface area (Å²) in [5.74, 6) is 0.810. The van der Waals surface area contributed by atoms with E-state index in [4.69, 9.17) is 4.74 Å². The predicted molar refractivity (Wildman–Crippen MR) is 91.3 cm³/mol. The molecule has 24 heavy (non-hydrogen) atoms. The van der Waals surface area contributed by atoms with Crippen LogP contribution in [0.25, 0.3) is 0 Å². The summed E-state index contributed by atoms with van der Waals surface area (Å²) in [7, 11) is 0. The molecule has 2 aromatic heterocycles. The summed E-state index contributed by atoms with van der Waals surface area (Å²) in [6.07, 6.45) is 5.09. The summed E-state index contributed by atoms with van der Waals surface area (Å²) >= 11 is 1.45. The summed E-state index contributed by atoms with van der Waals surface area (Å²) in [5, 5.41) is 5.64. The molecule has 0 spiro atoms. The fraction of sp³-hybridized carbons (Fsp3) is 0.438. The van der Waals surface area contributed by atoms with E-state index in [1.807, 2.05) is 16.8 Å². The second-order valence-corrected chi connectivity index (χ2v) is 7.04. The Balaban J connectivity index is 1.82. The highest BCUT2D eigenvalue weighted by Crippen LogP contribution is 2.40. The number of hydrogen-bond donors (Lipinski definition) is 2. The summed E-state index contributed by atoms with van der Waals surface area (Å²) < 4.78 is 7.23. The van der Waals surface area contributed by atoms with E-state index < -0.39 is 0 Å². The average Bonchev–Trinajstić information content (AvgIpc) is 2.83. The van der Waals surface area contributed by atoms with Gasteiger partial charge in [-0.3, -0.25) is 24.4 Å². The van der Waals surface area contributed by atoms with Crippen LogP contribution in [0.2, 0.25) is 0 Å². The Morgan fingerprint density at radius 2 is 2.12 bits per heavy atom. The molecule has 0 radical (unpaired) electrons. The van der Waals surface area contributed by atoms with E-state index in [0.717, 1.165) is 18.4 Å². The van der Waals surface area contributed by atoms with Gasteiger partial charge in [0, 0.05) is 25.6 Å². The summed E-state index contributed by atoms with van der Waals surface area (Å²) in [4.78, 5) is 29.0. The van der Waals surface area contributed by atoms with Crippen LogP contribution in [0, 0.1) is 0 Å². The van der Waals surface area contributed by atoms with Crippen molar-refractivity contribution in [2.75, 3.05) is 24.3 Å². The van der Waals surface area contributed by atoms with Crippen LogP contribution in [-0.2, 0) is 9.53 Å². The van der Waals surface area contributed by atoms with Gasteiger partial charge in [0.15, 0.2) is 0 Å². The molecule has 1 saturated heterocycles. The van der Waals surface area contributed by atoms with E-state index in [2.05, 4.69) is 15.4 Å². The van der Waals surface area contributed by atoms with Gasteiger partial charge in [-0.15, -0.1) is 11.8 Å². The molecule has 1 amide bonds. The van der Waals surface area contributed by atoms with Crippen LogP contribution in [0.3, 0.4) is 0 Å². The fourth-order valence-corrected chi connectivity index (χ4v) is 4.36. The molecule has 0 aromatic carbocycles. The van der Waals surface area contributed by atoms with Crippen molar-refractivity contribution in [2.24, 2.45) is 0 Å². The van der Waals surface area contributed by atoms with Crippen molar-refractivity contribution in [3.63, 3.8) is 0 Å². The van der Waals surface area contributed by atoms with Gasteiger partial charge < -0.3 is 10.1 Å². The lowest BCUT2D eigenvalue weighted by Gasteiger charge is -2.25. The highest BCUT2D eigenvalue weighted by molar-refractivity contribution is 8.00. The Labute approximate surface area is 142 Å². The molecule has 2 N–H and O–H groups in total. The van der Waals surface area contributed by atoms with Crippen molar-refractivity contribution in [1.29, 1.82) is 0 Å². The summed E-state index contributed by atoms with van der Waals surface area (Å²) in [6.45, 7) is 1.32. The van der Waals surface area contributed by atoms with Crippen molar-refractivity contribution in [2.45, 2.75) is 24.1 Å². The Hall–Kier alpha value is -2.06. The number of H-pyrrole nitrogens is 1. The van der Waals surface area contributed by atoms with Crippen molar-refractivity contribution < 1.29 is 9.53 Å². The van der Waals surface area contributed by atoms with Crippen LogP contribution < -0.4 is 10.9 Å². The molecule has 2 aliphatic rings. The number of thioether (sulfide) groups is 1. The first kappa shape index (κ1) is 15.5. The van der Waals surface area contributed by atoms with Gasteiger partial charge in [0.2, 0.25) is 5.91 Å². The normalized spacial score (nSPS) is 21.8. The van der Waals surface area contributed by atoms with Crippen molar-refractivity contribution in [1.82, 2.24) is 14.8 Å². The van der Waals surface area contributed by atoms with E-state index in [0.29, 0.717) is 30.3 Å². The molecule has 0 unspecified atom stereocenters. The first-order valence-corrected chi connectivity index (χ1v) is 9.02. The van der Waals surface area contributed by atoms with E-state index in [-0.39, 0.29) is 22.8 Å². The number of pyridine rings is 1. The van der Waals surface area contributed by atoms with Gasteiger partial charge in [0.25, 0.3) is 5.56 Å². The van der Waals surface area contributed by atoms with Crippen molar-refractivity contribution in [3.8, 4) is 0 Å². The standard InChI is InChI=1S/C16H18N4O3S/c21-12-9-24-14(10-2-1-5-17-8-10)13-15(18-12)20(19-16(13)22)11-3-6-23-7-4-11/h1-2,5,8,11,14H,3-4,6-7,9H2,(H,18,21)(H,19,22)/t14-/m1/s1. The first-order chi connectivity index (χ1) is 11.7. The minimum Gasteiger partial charge on any atom is -0.381 e. The van der Waals surface area contributed by atoms with E-state index in [1.165, 1.54) is 11.8 Å². The molecule has 0 saturated carbocycles. The number of nitrogens with zero attached hydrogens (tertiary/aromatic N) is 2. The third-order valence-corrected chi connectivity index (χ3v) is 5.68. The molecule has 0 bridgehead atoms. The van der Waals surface area contributed by atoms with Gasteiger partial charge in [-0.1, -0.05) is 6.07 Å². The third kappa shape index (κ3) is 2.76. The van der Waals surface area contributed by atoms with E-state index in [1.54, 1.807) is 12.4 Å². The quantitative estimate of drug-likeness (QED) is 0.864. The van der Waals surface area contributed by atoms with Crippen LogP contribution >= 0.6 is 11.8 Å². The van der Waals surface area contributed by atoms with Gasteiger partial charge in [0.05, 0.1) is 22.6 Å². The number of hydrogen-bond acceptors (Lipinski definition) is 5. The zero-order valence-electron chi connectivity index (χ0n) is 13.0. The zero-order valence-corrected chi connectivity index (χ0v) is 13.8. The third-order valence-electron chi connectivity index (χ3n) is 4.41. The molecule has 2 aliphatic heterocycles. The number of anilines is 1. The number of carbonyl (C=O) groups excluding carboxylic acids is 1. The molecule has 1 fully saturated rings. The topological polar surface area (TPSA) is 89.0 Å². The Kier molecular flexibility index (Phi) is 4.15. The summed E-state index contributed by atoms with van der Waals surface area (Å²) in [6, 6.07) is 3.92. The predicted octanol–water partition coefficient (Wildman–Crippen LogP) is 1.70. The maximum absolute atomic E-state index is 12.7. The highest BCUT2D eigenvalue weighted by Gasteiger charge is 2.32. The molecule has 2 aromatic rings. The SMILES string of the molecule is O=C1CS[C@H](c2cccnc2)c2c(n(C3CCOCC3)[nH]c2=O)N1. The van der Waals surface area contributed by atoms with Crippen molar-refractivity contribution >= 4 is 23.5 Å². The lowest BCUT2D eigenvalue weighted by Crippen LogP contribution is -2.24. The molecule has 126 valence electrons. The first-order valence-electron chi connectivity index (χ1n) is 7.97. The average molecular weight is 346 g/mol. The van der Waals surface area contributed by atoms with Crippen LogP contribution in [0.4, 0.5) is 5.82 Å². The largest absolute Gasteiger partial charge is 0.381 e. The van der Waals surface area contributed by atoms with Crippen LogP contribution in [0.5, 0.6) is 0 Å². The molecular weight excluding hydrogens is 328 g/mol. The maximum Gasteiger partial charge on any atom is 0.270 e. The van der Waals surface area contributed by atoms with Crippen LogP contribution in [-0.4, -0.2) is 39.6 Å². The van der Waals surface area contributed by atoms with Gasteiger partial charge >= 0.3 is 0 Å². The van der Waals surface area contributed by atoms with Crippen molar-refractivity contribution in [3.05, 3.63) is 46.0 Å². The number of fused-ring (bicyclic) bond motifs is 1. The molecule has 0 aliphatic carbocycles. The second-order valence-electron chi connectivity index (χ2n) is 5.94. The molecule has 8 heteroatoms. The number of ether oxygens (including phenoxy) is 1. The monoisotopic (exact) mass is 346 g/mol. The lowest BCUT2D eigenvalue weighted by atomic mass is 10.1. The number of carbonyl (C=O) groups is 1. The van der Waals surface area contributed by atoms with Gasteiger partial charge in [-0.2, -0.15) is 0 Å². The lowest BCUT2D eigenvalue weighted by molar-refractivity contribution is -0.113. The summed E-state index contributed by atoms with van der Waals surface area (Å²) in [5.41, 5.74) is 1.38. The number of rotatable bonds is 2. The Morgan fingerprint density at radius 3 is 2.88 bits per heavy atom. The number of aromatic amines is 1. The molecule has 7 nitrogen and oxygen atoms in total. The van der Waals surface area contributed by atoms with Crippen LogP contribution in [0.1, 0.15) is 35.3 Å². The highest BCUT2D eigenvalue weighted by atomic mass is 32.2. The number of nitrogens with one attached hydrogen (secondary N) is 2. The minimum atomic E-state index is -0.211. The number of aromatic nitrogens is 3. The fourth-order valence-electron chi connectivity index (χ4n) is 3.26. The Morgan fingerprint density at radius 1 is 1.29 bits per heavy atom. The van der Waals surface area contributed by atoms with E-state index >= 15 is 0 Å². The van der Waals surface area contributed by atoms with E-state index in [9.17, 15) is 9.59 Å². The second kappa shape index (κ2) is 6.45. The maximum atomic E-state index is 12.7. The minimum absolute atomic E-state index is 0.0903. The number of amides is 1. The zero-order chi connectivity index (χ0) is 16.5. The molecular formula is C16H18N4O3S. The molecule has 1 atom stereocenters.